The van der Waals surface area contributed by atoms with Crippen LogP contribution in [0.2, 0.25) is 0 Å². The summed E-state index contributed by atoms with van der Waals surface area (Å²) >= 11 is 0. The molecule has 0 fully saturated rings. The first-order chi connectivity index (χ1) is 9.15. The van der Waals surface area contributed by atoms with Crippen molar-refractivity contribution in [3.8, 4) is 23.1 Å². The fourth-order valence-electron chi connectivity index (χ4n) is 1.92. The molecular weight excluding hydrogens is 242 g/mol. The Labute approximate surface area is 113 Å². The molecule has 0 aliphatic carbocycles. The van der Waals surface area contributed by atoms with Crippen LogP contribution in [0.1, 0.15) is 32.3 Å². The van der Waals surface area contributed by atoms with Crippen molar-refractivity contribution in [3.63, 3.8) is 0 Å². The number of nitrogens with zero attached hydrogens (tertiary/aromatic N) is 1. The van der Waals surface area contributed by atoms with Gasteiger partial charge >= 0.3 is 5.95 Å². The molecule has 19 heavy (non-hydrogen) atoms. The molecule has 2 aromatic rings. The summed E-state index contributed by atoms with van der Waals surface area (Å²) in [6.45, 7) is 6.73. The van der Waals surface area contributed by atoms with Crippen molar-refractivity contribution in [2.75, 3.05) is 13.7 Å². The maximum absolute atomic E-state index is 5.54. The van der Waals surface area contributed by atoms with Crippen LogP contribution in [0.5, 0.6) is 11.7 Å². The Balaban J connectivity index is 2.36. The second kappa shape index (κ2) is 5.78. The molecule has 1 heterocycles. The molecule has 0 saturated carbocycles. The Bertz CT molecular complexity index is 546. The zero-order valence-electron chi connectivity index (χ0n) is 11.8. The molecule has 4 nitrogen and oxygen atoms in total. The summed E-state index contributed by atoms with van der Waals surface area (Å²) in [5, 5.41) is 0. The Hall–Kier alpha value is -1.97. The summed E-state index contributed by atoms with van der Waals surface area (Å²) in [4.78, 5) is 4.23. The van der Waals surface area contributed by atoms with Gasteiger partial charge in [-0.1, -0.05) is 13.8 Å². The van der Waals surface area contributed by atoms with Crippen molar-refractivity contribution in [1.29, 1.82) is 0 Å². The summed E-state index contributed by atoms with van der Waals surface area (Å²) in [5.74, 6) is 2.26. The van der Waals surface area contributed by atoms with Crippen LogP contribution in [0.25, 0.3) is 11.5 Å². The number of hydrogen-bond donors (Lipinski definition) is 0. The van der Waals surface area contributed by atoms with Crippen molar-refractivity contribution in [1.82, 2.24) is 4.98 Å². The van der Waals surface area contributed by atoms with E-state index in [2.05, 4.69) is 18.8 Å². The van der Waals surface area contributed by atoms with Gasteiger partial charge in [0, 0.05) is 5.56 Å². The van der Waals surface area contributed by atoms with Crippen molar-refractivity contribution in [2.24, 2.45) is 0 Å². The summed E-state index contributed by atoms with van der Waals surface area (Å²) in [6.07, 6.45) is 1.60. The number of methoxy groups -OCH3 is 1. The van der Waals surface area contributed by atoms with E-state index in [4.69, 9.17) is 13.9 Å². The van der Waals surface area contributed by atoms with Crippen LogP contribution in [0.3, 0.4) is 0 Å². The van der Waals surface area contributed by atoms with E-state index in [1.54, 1.807) is 13.3 Å². The van der Waals surface area contributed by atoms with Gasteiger partial charge in [-0.25, -0.2) is 4.98 Å². The molecule has 0 unspecified atom stereocenters. The number of rotatable bonds is 5. The third-order valence-corrected chi connectivity index (χ3v) is 2.87. The van der Waals surface area contributed by atoms with Gasteiger partial charge in [-0.15, -0.1) is 0 Å². The van der Waals surface area contributed by atoms with Crippen LogP contribution in [-0.4, -0.2) is 18.7 Å². The molecule has 0 saturated heterocycles. The van der Waals surface area contributed by atoms with Crippen molar-refractivity contribution in [2.45, 2.75) is 26.7 Å². The van der Waals surface area contributed by atoms with Crippen LogP contribution in [0.4, 0.5) is 0 Å². The molecule has 0 aliphatic heterocycles. The van der Waals surface area contributed by atoms with Crippen molar-refractivity contribution in [3.05, 3.63) is 30.0 Å². The highest BCUT2D eigenvalue weighted by Gasteiger charge is 2.12. The van der Waals surface area contributed by atoms with Gasteiger partial charge in [-0.3, -0.25) is 0 Å². The predicted molar refractivity (Wildman–Crippen MR) is 73.7 cm³/mol. The first kappa shape index (κ1) is 13.5. The Morgan fingerprint density at radius 2 is 2.11 bits per heavy atom. The monoisotopic (exact) mass is 261 g/mol. The third kappa shape index (κ3) is 2.89. The van der Waals surface area contributed by atoms with E-state index in [0.717, 1.165) is 16.9 Å². The first-order valence-electron chi connectivity index (χ1n) is 6.42. The molecule has 1 aromatic heterocycles. The van der Waals surface area contributed by atoms with Crippen LogP contribution >= 0.6 is 0 Å². The average Bonchev–Trinajstić information content (AvgIpc) is 2.87. The topological polar surface area (TPSA) is 44.5 Å². The predicted octanol–water partition coefficient (Wildman–Crippen LogP) is 3.87. The third-order valence-electron chi connectivity index (χ3n) is 2.87. The lowest BCUT2D eigenvalue weighted by molar-refractivity contribution is 0.260. The average molecular weight is 261 g/mol. The SMILES string of the molecule is CCOc1cnc(-c2ccc(OC)c(C(C)C)c2)o1. The number of benzene rings is 1. The zero-order valence-corrected chi connectivity index (χ0v) is 11.8. The van der Waals surface area contributed by atoms with E-state index in [1.165, 1.54) is 0 Å². The minimum atomic E-state index is 0.372. The highest BCUT2D eigenvalue weighted by molar-refractivity contribution is 5.58. The molecule has 0 amide bonds. The summed E-state index contributed by atoms with van der Waals surface area (Å²) in [7, 11) is 1.68. The van der Waals surface area contributed by atoms with E-state index in [1.807, 2.05) is 25.1 Å². The number of hydrogen-bond acceptors (Lipinski definition) is 4. The maximum atomic E-state index is 5.54. The van der Waals surface area contributed by atoms with Gasteiger partial charge in [0.1, 0.15) is 11.9 Å². The lowest BCUT2D eigenvalue weighted by atomic mass is 9.99. The first-order valence-corrected chi connectivity index (χ1v) is 6.42. The number of ether oxygens (including phenoxy) is 2. The Kier molecular flexibility index (Phi) is 4.10. The minimum absolute atomic E-state index is 0.372. The van der Waals surface area contributed by atoms with Crippen LogP contribution in [0, 0.1) is 0 Å². The molecule has 0 spiro atoms. The quantitative estimate of drug-likeness (QED) is 0.819. The second-order valence-corrected chi connectivity index (χ2v) is 4.53. The minimum Gasteiger partial charge on any atom is -0.496 e. The summed E-state index contributed by atoms with van der Waals surface area (Å²) in [5.41, 5.74) is 2.06. The van der Waals surface area contributed by atoms with Crippen LogP contribution in [-0.2, 0) is 0 Å². The number of oxazole rings is 1. The van der Waals surface area contributed by atoms with Gasteiger partial charge in [-0.05, 0) is 36.6 Å². The fraction of sp³-hybridized carbons (Fsp3) is 0.400. The molecule has 102 valence electrons. The molecule has 0 aliphatic rings. The second-order valence-electron chi connectivity index (χ2n) is 4.53. The smallest absolute Gasteiger partial charge is 0.305 e. The molecule has 4 heteroatoms. The van der Waals surface area contributed by atoms with E-state index >= 15 is 0 Å². The van der Waals surface area contributed by atoms with E-state index in [9.17, 15) is 0 Å². The Morgan fingerprint density at radius 3 is 2.74 bits per heavy atom. The molecule has 1 aromatic carbocycles. The van der Waals surface area contributed by atoms with Gasteiger partial charge in [0.2, 0.25) is 5.89 Å². The summed E-state index contributed by atoms with van der Waals surface area (Å²) in [6, 6.07) is 5.92. The fourth-order valence-corrected chi connectivity index (χ4v) is 1.92. The standard InChI is InChI=1S/C15H19NO3/c1-5-18-14-9-16-15(19-14)11-6-7-13(17-4)12(8-11)10(2)3/h6-10H,5H2,1-4H3. The van der Waals surface area contributed by atoms with Gasteiger partial charge in [0.25, 0.3) is 0 Å². The van der Waals surface area contributed by atoms with Crippen LogP contribution < -0.4 is 9.47 Å². The largest absolute Gasteiger partial charge is 0.496 e. The lowest BCUT2D eigenvalue weighted by Gasteiger charge is -2.12. The van der Waals surface area contributed by atoms with Crippen molar-refractivity contribution >= 4 is 0 Å². The van der Waals surface area contributed by atoms with E-state index in [0.29, 0.717) is 24.4 Å². The van der Waals surface area contributed by atoms with Crippen LogP contribution in [0.15, 0.2) is 28.8 Å². The molecule has 0 radical (unpaired) electrons. The molecular formula is C15H19NO3. The van der Waals surface area contributed by atoms with E-state index in [-0.39, 0.29) is 0 Å². The zero-order chi connectivity index (χ0) is 13.8. The summed E-state index contributed by atoms with van der Waals surface area (Å²) < 4.78 is 16.2. The van der Waals surface area contributed by atoms with Gasteiger partial charge < -0.3 is 13.9 Å². The highest BCUT2D eigenvalue weighted by atomic mass is 16.6. The van der Waals surface area contributed by atoms with Gasteiger partial charge in [0.05, 0.1) is 13.7 Å². The lowest BCUT2D eigenvalue weighted by Crippen LogP contribution is -1.94. The molecule has 2 rings (SSSR count). The normalized spacial score (nSPS) is 10.8. The molecule has 0 atom stereocenters. The highest BCUT2D eigenvalue weighted by Crippen LogP contribution is 2.32. The Morgan fingerprint density at radius 1 is 1.32 bits per heavy atom. The van der Waals surface area contributed by atoms with Gasteiger partial charge in [0.15, 0.2) is 0 Å². The maximum Gasteiger partial charge on any atom is 0.305 e. The van der Waals surface area contributed by atoms with Crippen molar-refractivity contribution < 1.29 is 13.9 Å². The van der Waals surface area contributed by atoms with Gasteiger partial charge in [-0.2, -0.15) is 0 Å². The molecule has 0 N–H and O–H groups in total. The number of aromatic nitrogens is 1. The van der Waals surface area contributed by atoms with E-state index < -0.39 is 0 Å². The molecule has 0 bridgehead atoms.